The lowest BCUT2D eigenvalue weighted by atomic mass is 10.2. The molecule has 1 saturated heterocycles. The molecule has 1 aliphatic heterocycles. The second kappa shape index (κ2) is 2.76. The van der Waals surface area contributed by atoms with Gasteiger partial charge in [0.05, 0.1) is 6.04 Å². The van der Waals surface area contributed by atoms with Crippen LogP contribution in [0.4, 0.5) is 5.82 Å². The number of rotatable bonds is 1. The average Bonchev–Trinajstić information content (AvgIpc) is 2.81. The Morgan fingerprint density at radius 3 is 3.00 bits per heavy atom. The molecule has 0 spiro atoms. The Labute approximate surface area is 85.5 Å². The van der Waals surface area contributed by atoms with E-state index in [4.69, 9.17) is 5.73 Å². The minimum absolute atomic E-state index is 0.205. The van der Waals surface area contributed by atoms with Gasteiger partial charge in [0.1, 0.15) is 5.82 Å². The Balaban J connectivity index is 1.99. The first kappa shape index (κ1) is 8.35. The zero-order valence-electron chi connectivity index (χ0n) is 7.59. The predicted molar refractivity (Wildman–Crippen MR) is 56.3 cm³/mol. The average molecular weight is 209 g/mol. The quantitative estimate of drug-likeness (QED) is 0.690. The van der Waals surface area contributed by atoms with Crippen LogP contribution in [0.5, 0.6) is 0 Å². The van der Waals surface area contributed by atoms with Crippen molar-refractivity contribution in [3.63, 3.8) is 0 Å². The summed E-state index contributed by atoms with van der Waals surface area (Å²) in [5.41, 5.74) is 5.24. The molecule has 2 N–H and O–H groups in total. The molecular weight excluding hydrogens is 198 g/mol. The third-order valence-corrected chi connectivity index (χ3v) is 4.48. The van der Waals surface area contributed by atoms with Gasteiger partial charge in [-0.05, 0) is 18.9 Å². The van der Waals surface area contributed by atoms with Crippen molar-refractivity contribution in [2.45, 2.75) is 29.4 Å². The van der Waals surface area contributed by atoms with Gasteiger partial charge >= 0.3 is 5.69 Å². The molecule has 0 unspecified atom stereocenters. The van der Waals surface area contributed by atoms with E-state index in [1.54, 1.807) is 16.8 Å². The fourth-order valence-corrected chi connectivity index (χ4v) is 3.55. The third kappa shape index (κ3) is 1.15. The first-order valence-electron chi connectivity index (χ1n) is 4.76. The van der Waals surface area contributed by atoms with Crippen LogP contribution in [0, 0.1) is 0 Å². The van der Waals surface area contributed by atoms with E-state index in [1.807, 2.05) is 11.8 Å². The first-order valence-corrected chi connectivity index (χ1v) is 5.70. The second-order valence-electron chi connectivity index (χ2n) is 3.83. The summed E-state index contributed by atoms with van der Waals surface area (Å²) < 4.78 is 1.74. The monoisotopic (exact) mass is 209 g/mol. The van der Waals surface area contributed by atoms with Crippen LogP contribution < -0.4 is 11.4 Å². The molecule has 0 aromatic carbocycles. The van der Waals surface area contributed by atoms with Crippen LogP contribution in [0.25, 0.3) is 0 Å². The van der Waals surface area contributed by atoms with Gasteiger partial charge in [-0.1, -0.05) is 0 Å². The maximum atomic E-state index is 11.6. The molecule has 2 heterocycles. The third-order valence-electron chi connectivity index (χ3n) is 2.96. The van der Waals surface area contributed by atoms with Gasteiger partial charge in [-0.15, -0.1) is 0 Å². The molecule has 2 aliphatic rings. The van der Waals surface area contributed by atoms with Gasteiger partial charge in [-0.2, -0.15) is 16.7 Å². The zero-order chi connectivity index (χ0) is 9.71. The Morgan fingerprint density at radius 1 is 1.57 bits per heavy atom. The fraction of sp³-hybridized carbons (Fsp3) is 0.556. The Kier molecular flexibility index (Phi) is 1.65. The maximum absolute atomic E-state index is 11.6. The van der Waals surface area contributed by atoms with Gasteiger partial charge in [0.25, 0.3) is 0 Å². The summed E-state index contributed by atoms with van der Waals surface area (Å²) in [5.74, 6) is 0.309. The van der Waals surface area contributed by atoms with Gasteiger partial charge in [-0.25, -0.2) is 4.79 Å². The molecule has 0 amide bonds. The molecular formula is C9H11N3OS. The highest BCUT2D eigenvalue weighted by molar-refractivity contribution is 8.07. The van der Waals surface area contributed by atoms with Crippen LogP contribution >= 0.6 is 11.8 Å². The number of nitrogens with zero attached hydrogens (tertiary/aromatic N) is 2. The number of nitrogens with two attached hydrogens (primary N) is 1. The standard InChI is InChI=1S/C9H11N3OS/c10-7-3-4-12(9(13)11-7)5-1-2-6-8(5)14-6/h3-6,8H,1-2H2,(H2,10,11,13)/t5-,6-,8+/m1/s1. The smallest absolute Gasteiger partial charge is 0.349 e. The number of fused-ring (bicyclic) bond motifs is 1. The Morgan fingerprint density at radius 2 is 2.43 bits per heavy atom. The highest BCUT2D eigenvalue weighted by Crippen LogP contribution is 2.57. The van der Waals surface area contributed by atoms with Crippen LogP contribution in [0.15, 0.2) is 17.1 Å². The lowest BCUT2D eigenvalue weighted by Gasteiger charge is -2.13. The van der Waals surface area contributed by atoms with E-state index in [2.05, 4.69) is 4.98 Å². The summed E-state index contributed by atoms with van der Waals surface area (Å²) in [6.45, 7) is 0. The van der Waals surface area contributed by atoms with E-state index in [1.165, 1.54) is 6.42 Å². The van der Waals surface area contributed by atoms with E-state index in [9.17, 15) is 4.79 Å². The number of thioether (sulfide) groups is 1. The molecule has 0 bridgehead atoms. The van der Waals surface area contributed by atoms with E-state index in [0.717, 1.165) is 11.7 Å². The Hall–Kier alpha value is -0.970. The van der Waals surface area contributed by atoms with Crippen LogP contribution in [0.2, 0.25) is 0 Å². The van der Waals surface area contributed by atoms with Crippen molar-refractivity contribution >= 4 is 17.6 Å². The topological polar surface area (TPSA) is 60.9 Å². The lowest BCUT2D eigenvalue weighted by Crippen LogP contribution is -2.28. The van der Waals surface area contributed by atoms with Crippen molar-refractivity contribution < 1.29 is 0 Å². The van der Waals surface area contributed by atoms with Crippen LogP contribution in [-0.2, 0) is 0 Å². The molecule has 1 aliphatic carbocycles. The maximum Gasteiger partial charge on any atom is 0.349 e. The van der Waals surface area contributed by atoms with Gasteiger partial charge in [-0.3, -0.25) is 4.57 Å². The van der Waals surface area contributed by atoms with E-state index < -0.39 is 0 Å². The van der Waals surface area contributed by atoms with Crippen molar-refractivity contribution in [2.75, 3.05) is 5.73 Å². The number of aromatic nitrogens is 2. The summed E-state index contributed by atoms with van der Waals surface area (Å²) in [6, 6.07) is 2.05. The molecule has 3 atom stereocenters. The van der Waals surface area contributed by atoms with Gasteiger partial charge in [0, 0.05) is 16.7 Å². The Bertz CT molecular complexity index is 430. The fourth-order valence-electron chi connectivity index (χ4n) is 2.20. The van der Waals surface area contributed by atoms with E-state index in [-0.39, 0.29) is 5.69 Å². The summed E-state index contributed by atoms with van der Waals surface area (Å²) in [6.07, 6.45) is 4.11. The highest BCUT2D eigenvalue weighted by Gasteiger charge is 2.50. The SMILES string of the molecule is Nc1ccn([C@@H]2CC[C@H]3S[C@@H]23)c(=O)n1. The number of hydrogen-bond acceptors (Lipinski definition) is 4. The normalized spacial score (nSPS) is 34.1. The number of hydrogen-bond donors (Lipinski definition) is 1. The molecule has 74 valence electrons. The van der Waals surface area contributed by atoms with Crippen molar-refractivity contribution in [1.82, 2.24) is 9.55 Å². The molecule has 1 aromatic rings. The molecule has 14 heavy (non-hydrogen) atoms. The van der Waals surface area contributed by atoms with Crippen molar-refractivity contribution in [3.05, 3.63) is 22.7 Å². The van der Waals surface area contributed by atoms with Crippen LogP contribution in [-0.4, -0.2) is 20.1 Å². The number of anilines is 1. The van der Waals surface area contributed by atoms with Crippen molar-refractivity contribution in [2.24, 2.45) is 0 Å². The van der Waals surface area contributed by atoms with Crippen molar-refractivity contribution in [3.8, 4) is 0 Å². The second-order valence-corrected chi connectivity index (χ2v) is 5.25. The molecule has 2 fully saturated rings. The largest absolute Gasteiger partial charge is 0.383 e. The van der Waals surface area contributed by atoms with Crippen LogP contribution in [0.3, 0.4) is 0 Å². The molecule has 4 nitrogen and oxygen atoms in total. The van der Waals surface area contributed by atoms with Crippen molar-refractivity contribution in [1.29, 1.82) is 0 Å². The molecule has 0 radical (unpaired) electrons. The minimum atomic E-state index is -0.205. The van der Waals surface area contributed by atoms with Crippen LogP contribution in [0.1, 0.15) is 18.9 Å². The van der Waals surface area contributed by atoms with Gasteiger partial charge in [0.2, 0.25) is 0 Å². The summed E-state index contributed by atoms with van der Waals surface area (Å²) in [4.78, 5) is 15.3. The van der Waals surface area contributed by atoms with E-state index in [0.29, 0.717) is 17.1 Å². The first-order chi connectivity index (χ1) is 6.75. The zero-order valence-corrected chi connectivity index (χ0v) is 8.41. The number of nitrogen functional groups attached to an aromatic ring is 1. The molecule has 3 rings (SSSR count). The molecule has 5 heteroatoms. The summed E-state index contributed by atoms with van der Waals surface area (Å²) in [5, 5.41) is 1.45. The van der Waals surface area contributed by atoms with Gasteiger partial charge < -0.3 is 5.73 Å². The molecule has 1 saturated carbocycles. The predicted octanol–water partition coefficient (Wildman–Crippen LogP) is 0.644. The minimum Gasteiger partial charge on any atom is -0.383 e. The highest BCUT2D eigenvalue weighted by atomic mass is 32.2. The van der Waals surface area contributed by atoms with E-state index >= 15 is 0 Å². The van der Waals surface area contributed by atoms with Gasteiger partial charge in [0.15, 0.2) is 0 Å². The summed E-state index contributed by atoms with van der Waals surface area (Å²) >= 11 is 1.98. The lowest BCUT2D eigenvalue weighted by molar-refractivity contribution is 0.510. The summed E-state index contributed by atoms with van der Waals surface area (Å²) in [7, 11) is 0. The molecule has 1 aromatic heterocycles.